The van der Waals surface area contributed by atoms with Crippen molar-refractivity contribution in [2.45, 2.75) is 36.5 Å². The molecule has 1 amide bonds. The van der Waals surface area contributed by atoms with Gasteiger partial charge in [-0.3, -0.25) is 9.59 Å². The summed E-state index contributed by atoms with van der Waals surface area (Å²) in [5, 5.41) is 31.2. The molecule has 1 aromatic rings. The zero-order valence-corrected chi connectivity index (χ0v) is 11.6. The van der Waals surface area contributed by atoms with Crippen LogP contribution in [0.4, 0.5) is 0 Å². The second kappa shape index (κ2) is 6.52. The van der Waals surface area contributed by atoms with Gasteiger partial charge in [0.05, 0.1) is 18.2 Å². The molecular formula is C10H13N5O5S. The highest BCUT2D eigenvalue weighted by Gasteiger charge is 2.28. The van der Waals surface area contributed by atoms with Crippen molar-refractivity contribution in [3.05, 3.63) is 0 Å². The summed E-state index contributed by atoms with van der Waals surface area (Å²) in [6.07, 6.45) is 1.31. The third kappa shape index (κ3) is 4.41. The first-order chi connectivity index (χ1) is 9.97. The Morgan fingerprint density at radius 2 is 2.10 bits per heavy atom. The fourth-order valence-electron chi connectivity index (χ4n) is 1.57. The first kappa shape index (κ1) is 15.2. The monoisotopic (exact) mass is 315 g/mol. The molecule has 1 aliphatic rings. The van der Waals surface area contributed by atoms with Crippen LogP contribution in [0.1, 0.15) is 25.3 Å². The van der Waals surface area contributed by atoms with E-state index in [4.69, 9.17) is 10.2 Å². The lowest BCUT2D eigenvalue weighted by Crippen LogP contribution is -2.43. The number of carboxylic acid groups (broad SMARTS) is 2. The molecule has 1 aliphatic carbocycles. The van der Waals surface area contributed by atoms with Gasteiger partial charge in [0.1, 0.15) is 6.04 Å². The maximum atomic E-state index is 11.7. The van der Waals surface area contributed by atoms with E-state index in [9.17, 15) is 14.4 Å². The normalized spacial score (nSPS) is 15.4. The topological polar surface area (TPSA) is 147 Å². The molecule has 0 spiro atoms. The molecule has 1 aromatic heterocycles. The number of thioether (sulfide) groups is 1. The smallest absolute Gasteiger partial charge is 0.326 e. The van der Waals surface area contributed by atoms with Gasteiger partial charge in [-0.25, -0.2) is 9.48 Å². The summed E-state index contributed by atoms with van der Waals surface area (Å²) in [4.78, 5) is 33.0. The summed E-state index contributed by atoms with van der Waals surface area (Å²) in [6, 6.07) is -1.18. The van der Waals surface area contributed by atoms with Gasteiger partial charge < -0.3 is 15.5 Å². The van der Waals surface area contributed by atoms with Crippen molar-refractivity contribution in [3.63, 3.8) is 0 Å². The first-order valence-corrected chi connectivity index (χ1v) is 7.10. The number of nitrogens with zero attached hydrogens (tertiary/aromatic N) is 4. The average Bonchev–Trinajstić information content (AvgIpc) is 3.14. The van der Waals surface area contributed by atoms with Crippen LogP contribution in [-0.2, 0) is 14.4 Å². The minimum Gasteiger partial charge on any atom is -0.481 e. The molecule has 0 bridgehead atoms. The van der Waals surface area contributed by atoms with E-state index in [-0.39, 0.29) is 11.8 Å². The molecule has 0 aromatic carbocycles. The highest BCUT2D eigenvalue weighted by atomic mass is 32.2. The fraction of sp³-hybridized carbons (Fsp3) is 0.600. The summed E-state index contributed by atoms with van der Waals surface area (Å²) in [7, 11) is 0. The third-order valence-corrected chi connectivity index (χ3v) is 3.63. The summed E-state index contributed by atoms with van der Waals surface area (Å²) >= 11 is 1.08. The van der Waals surface area contributed by atoms with Crippen molar-refractivity contribution in [1.29, 1.82) is 0 Å². The van der Waals surface area contributed by atoms with E-state index in [1.807, 2.05) is 0 Å². The van der Waals surface area contributed by atoms with E-state index in [2.05, 4.69) is 20.8 Å². The van der Waals surface area contributed by atoms with Crippen molar-refractivity contribution in [3.8, 4) is 0 Å². The largest absolute Gasteiger partial charge is 0.481 e. The fourth-order valence-corrected chi connectivity index (χ4v) is 2.33. The molecule has 1 atom stereocenters. The number of nitrogens with one attached hydrogen (secondary N) is 1. The summed E-state index contributed by atoms with van der Waals surface area (Å²) in [6.45, 7) is 0. The molecule has 1 saturated carbocycles. The van der Waals surface area contributed by atoms with Gasteiger partial charge in [-0.15, -0.1) is 5.10 Å². The molecule has 3 N–H and O–H groups in total. The number of carboxylic acids is 2. The minimum absolute atomic E-state index is 0.0868. The minimum atomic E-state index is -1.45. The van der Waals surface area contributed by atoms with Gasteiger partial charge in [0.2, 0.25) is 11.1 Å². The molecule has 0 aliphatic heterocycles. The summed E-state index contributed by atoms with van der Waals surface area (Å²) in [5.41, 5.74) is 0. The van der Waals surface area contributed by atoms with E-state index >= 15 is 0 Å². The van der Waals surface area contributed by atoms with E-state index in [0.717, 1.165) is 24.6 Å². The van der Waals surface area contributed by atoms with Gasteiger partial charge in [-0.2, -0.15) is 0 Å². The van der Waals surface area contributed by atoms with E-state index in [0.29, 0.717) is 5.16 Å². The van der Waals surface area contributed by atoms with Crippen molar-refractivity contribution in [1.82, 2.24) is 25.5 Å². The van der Waals surface area contributed by atoms with E-state index < -0.39 is 30.3 Å². The van der Waals surface area contributed by atoms with Gasteiger partial charge in [0, 0.05) is 0 Å². The maximum absolute atomic E-state index is 11.7. The zero-order chi connectivity index (χ0) is 15.4. The summed E-state index contributed by atoms with van der Waals surface area (Å²) in [5.74, 6) is -3.36. The highest BCUT2D eigenvalue weighted by molar-refractivity contribution is 7.99. The number of carbonyl (C=O) groups is 3. The molecule has 2 rings (SSSR count). The van der Waals surface area contributed by atoms with Crippen LogP contribution in [0.2, 0.25) is 0 Å². The lowest BCUT2D eigenvalue weighted by atomic mass is 10.2. The van der Waals surface area contributed by atoms with Crippen LogP contribution in [0, 0.1) is 0 Å². The quantitative estimate of drug-likeness (QED) is 0.521. The lowest BCUT2D eigenvalue weighted by Gasteiger charge is -2.11. The number of hydrogen-bond donors (Lipinski definition) is 3. The summed E-state index contributed by atoms with van der Waals surface area (Å²) < 4.78 is 1.63. The highest BCUT2D eigenvalue weighted by Crippen LogP contribution is 2.36. The van der Waals surface area contributed by atoms with Gasteiger partial charge in [-0.05, 0) is 23.3 Å². The molecule has 114 valence electrons. The van der Waals surface area contributed by atoms with Gasteiger partial charge in [0.25, 0.3) is 0 Å². The Morgan fingerprint density at radius 3 is 2.67 bits per heavy atom. The molecule has 0 unspecified atom stereocenters. The lowest BCUT2D eigenvalue weighted by molar-refractivity contribution is -0.147. The number of carbonyl (C=O) groups excluding carboxylic acids is 1. The Bertz CT molecular complexity index is 558. The molecule has 11 heteroatoms. The van der Waals surface area contributed by atoms with E-state index in [1.165, 1.54) is 0 Å². The van der Waals surface area contributed by atoms with Crippen molar-refractivity contribution in [2.24, 2.45) is 0 Å². The third-order valence-electron chi connectivity index (χ3n) is 2.70. The molecule has 1 fully saturated rings. The predicted molar refractivity (Wildman–Crippen MR) is 68.6 cm³/mol. The van der Waals surface area contributed by atoms with Crippen molar-refractivity contribution < 1.29 is 24.6 Å². The Balaban J connectivity index is 1.84. The second-order valence-corrected chi connectivity index (χ2v) is 5.42. The first-order valence-electron chi connectivity index (χ1n) is 6.12. The molecule has 21 heavy (non-hydrogen) atoms. The van der Waals surface area contributed by atoms with Crippen LogP contribution in [-0.4, -0.2) is 60.1 Å². The number of aliphatic carboxylic acids is 2. The zero-order valence-electron chi connectivity index (χ0n) is 10.8. The number of hydrogen-bond acceptors (Lipinski definition) is 7. The molecule has 0 radical (unpaired) electrons. The molecular weight excluding hydrogens is 302 g/mol. The van der Waals surface area contributed by atoms with E-state index in [1.54, 1.807) is 4.68 Å². The second-order valence-electron chi connectivity index (χ2n) is 4.48. The van der Waals surface area contributed by atoms with Crippen molar-refractivity contribution in [2.75, 3.05) is 5.75 Å². The Hall–Kier alpha value is -2.17. The Kier molecular flexibility index (Phi) is 4.73. The maximum Gasteiger partial charge on any atom is 0.326 e. The molecule has 0 saturated heterocycles. The van der Waals surface area contributed by atoms with Gasteiger partial charge >= 0.3 is 11.9 Å². The number of tetrazole rings is 1. The van der Waals surface area contributed by atoms with Crippen LogP contribution in [0.3, 0.4) is 0 Å². The Labute approximate surface area is 122 Å². The van der Waals surface area contributed by atoms with Crippen molar-refractivity contribution >= 4 is 29.6 Å². The average molecular weight is 315 g/mol. The van der Waals surface area contributed by atoms with Crippen LogP contribution >= 0.6 is 11.8 Å². The van der Waals surface area contributed by atoms with Gasteiger partial charge in [-0.1, -0.05) is 11.8 Å². The number of amides is 1. The van der Waals surface area contributed by atoms with Crippen LogP contribution in [0.25, 0.3) is 0 Å². The van der Waals surface area contributed by atoms with Gasteiger partial charge in [0.15, 0.2) is 0 Å². The number of rotatable bonds is 8. The SMILES string of the molecule is O=C(O)C[C@H](NC(=O)CSc1nnnn1C1CC1)C(=O)O. The predicted octanol–water partition coefficient (Wildman–Crippen LogP) is -0.856. The molecule has 10 nitrogen and oxygen atoms in total. The standard InChI is InChI=1S/C10H13N5O5S/c16-7(11-6(9(19)20)3-8(17)18)4-21-10-12-13-14-15(10)5-1-2-5/h5-6H,1-4H2,(H,11,16)(H,17,18)(H,19,20)/t6-/m0/s1. The van der Waals surface area contributed by atoms with Crippen LogP contribution < -0.4 is 5.32 Å². The number of aromatic nitrogens is 4. The van der Waals surface area contributed by atoms with Crippen LogP contribution in [0.15, 0.2) is 5.16 Å². The van der Waals surface area contributed by atoms with Crippen LogP contribution in [0.5, 0.6) is 0 Å². The molecule has 1 heterocycles. The Morgan fingerprint density at radius 1 is 1.38 bits per heavy atom.